The summed E-state index contributed by atoms with van der Waals surface area (Å²) in [6.45, 7) is 2.10. The van der Waals surface area contributed by atoms with Crippen LogP contribution in [0.15, 0.2) is 30.5 Å². The topological polar surface area (TPSA) is 42.0 Å². The van der Waals surface area contributed by atoms with Crippen molar-refractivity contribution < 1.29 is 9.18 Å². The molecule has 5 heteroatoms. The Balaban J connectivity index is 1.79. The van der Waals surface area contributed by atoms with Crippen molar-refractivity contribution in [3.63, 3.8) is 0 Å². The molecule has 0 bridgehead atoms. The molecule has 1 fully saturated rings. The summed E-state index contributed by atoms with van der Waals surface area (Å²) >= 11 is 1.22. The number of carbonyl (C=O) groups is 1. The summed E-state index contributed by atoms with van der Waals surface area (Å²) < 4.78 is 13.6. The zero-order valence-electron chi connectivity index (χ0n) is 10.4. The first-order chi connectivity index (χ1) is 9.15. The molecule has 98 valence electrons. The lowest BCUT2D eigenvalue weighted by Crippen LogP contribution is -2.25. The molecule has 0 saturated heterocycles. The van der Waals surface area contributed by atoms with Crippen LogP contribution >= 0.6 is 11.3 Å². The van der Waals surface area contributed by atoms with Gasteiger partial charge in [-0.05, 0) is 24.5 Å². The van der Waals surface area contributed by atoms with Gasteiger partial charge in [-0.1, -0.05) is 19.1 Å². The van der Waals surface area contributed by atoms with Gasteiger partial charge in [0.05, 0.1) is 6.20 Å². The average Bonchev–Trinajstić information content (AvgIpc) is 2.92. The van der Waals surface area contributed by atoms with Gasteiger partial charge >= 0.3 is 0 Å². The number of benzene rings is 1. The molecule has 1 amide bonds. The Labute approximate surface area is 114 Å². The molecule has 1 heterocycles. The third kappa shape index (κ3) is 2.51. The van der Waals surface area contributed by atoms with Crippen molar-refractivity contribution in [2.24, 2.45) is 5.92 Å². The SMILES string of the molecule is CC1CC1NC(=O)c1cnc(-c2ccccc2F)s1. The van der Waals surface area contributed by atoms with Gasteiger partial charge in [-0.3, -0.25) is 4.79 Å². The molecule has 1 saturated carbocycles. The second kappa shape index (κ2) is 4.74. The number of nitrogens with zero attached hydrogens (tertiary/aromatic N) is 1. The van der Waals surface area contributed by atoms with Crippen LogP contribution in [-0.4, -0.2) is 16.9 Å². The Bertz CT molecular complexity index is 625. The van der Waals surface area contributed by atoms with E-state index in [1.807, 2.05) is 0 Å². The van der Waals surface area contributed by atoms with Crippen LogP contribution in [0.2, 0.25) is 0 Å². The van der Waals surface area contributed by atoms with E-state index in [0.717, 1.165) is 6.42 Å². The molecule has 2 unspecified atom stereocenters. The fraction of sp³-hybridized carbons (Fsp3) is 0.286. The predicted molar refractivity (Wildman–Crippen MR) is 72.5 cm³/mol. The zero-order chi connectivity index (χ0) is 13.4. The first-order valence-electron chi connectivity index (χ1n) is 6.17. The highest BCUT2D eigenvalue weighted by molar-refractivity contribution is 7.16. The molecule has 0 aliphatic heterocycles. The molecule has 1 aliphatic rings. The number of hydrogen-bond donors (Lipinski definition) is 1. The van der Waals surface area contributed by atoms with Gasteiger partial charge in [-0.2, -0.15) is 0 Å². The van der Waals surface area contributed by atoms with Crippen molar-refractivity contribution in [2.75, 3.05) is 0 Å². The molecule has 1 N–H and O–H groups in total. The van der Waals surface area contributed by atoms with E-state index >= 15 is 0 Å². The van der Waals surface area contributed by atoms with E-state index in [0.29, 0.717) is 21.4 Å². The molecule has 1 aromatic heterocycles. The Morgan fingerprint density at radius 3 is 2.89 bits per heavy atom. The van der Waals surface area contributed by atoms with Gasteiger partial charge in [0.15, 0.2) is 0 Å². The fourth-order valence-electron chi connectivity index (χ4n) is 1.90. The molecule has 1 aliphatic carbocycles. The molecular formula is C14H13FN2OS. The van der Waals surface area contributed by atoms with Crippen molar-refractivity contribution >= 4 is 17.2 Å². The fourth-order valence-corrected chi connectivity index (χ4v) is 2.75. The van der Waals surface area contributed by atoms with E-state index in [9.17, 15) is 9.18 Å². The maximum absolute atomic E-state index is 13.6. The highest BCUT2D eigenvalue weighted by Crippen LogP contribution is 2.31. The van der Waals surface area contributed by atoms with Crippen LogP contribution in [0.4, 0.5) is 4.39 Å². The van der Waals surface area contributed by atoms with Gasteiger partial charge in [0.1, 0.15) is 15.7 Å². The minimum atomic E-state index is -0.320. The minimum absolute atomic E-state index is 0.116. The van der Waals surface area contributed by atoms with Crippen molar-refractivity contribution in [1.29, 1.82) is 0 Å². The minimum Gasteiger partial charge on any atom is -0.348 e. The molecule has 1 aromatic carbocycles. The lowest BCUT2D eigenvalue weighted by atomic mass is 10.2. The van der Waals surface area contributed by atoms with Gasteiger partial charge in [0.25, 0.3) is 5.91 Å². The molecule has 0 radical (unpaired) electrons. The van der Waals surface area contributed by atoms with E-state index in [2.05, 4.69) is 17.2 Å². The normalized spacial score (nSPS) is 21.2. The second-order valence-corrected chi connectivity index (χ2v) is 5.83. The average molecular weight is 276 g/mol. The van der Waals surface area contributed by atoms with Gasteiger partial charge in [-0.25, -0.2) is 9.37 Å². The molecule has 2 atom stereocenters. The number of aromatic nitrogens is 1. The summed E-state index contributed by atoms with van der Waals surface area (Å²) in [5.41, 5.74) is 0.436. The molecular weight excluding hydrogens is 263 g/mol. The van der Waals surface area contributed by atoms with Crippen molar-refractivity contribution in [2.45, 2.75) is 19.4 Å². The summed E-state index contributed by atoms with van der Waals surface area (Å²) in [5.74, 6) is 0.122. The van der Waals surface area contributed by atoms with E-state index in [1.165, 1.54) is 23.6 Å². The van der Waals surface area contributed by atoms with Crippen LogP contribution in [0.25, 0.3) is 10.6 Å². The van der Waals surface area contributed by atoms with Crippen LogP contribution in [0, 0.1) is 11.7 Å². The summed E-state index contributed by atoms with van der Waals surface area (Å²) in [6.07, 6.45) is 2.54. The maximum Gasteiger partial charge on any atom is 0.263 e. The number of rotatable bonds is 3. The molecule has 19 heavy (non-hydrogen) atoms. The second-order valence-electron chi connectivity index (χ2n) is 4.80. The number of halogens is 1. The predicted octanol–water partition coefficient (Wildman–Crippen LogP) is 3.09. The molecule has 3 rings (SSSR count). The van der Waals surface area contributed by atoms with Crippen LogP contribution in [0.3, 0.4) is 0 Å². The van der Waals surface area contributed by atoms with E-state index in [1.54, 1.807) is 18.2 Å². The number of carbonyl (C=O) groups excluding carboxylic acids is 1. The van der Waals surface area contributed by atoms with E-state index < -0.39 is 0 Å². The van der Waals surface area contributed by atoms with Crippen LogP contribution in [0.1, 0.15) is 23.0 Å². The Morgan fingerprint density at radius 1 is 1.47 bits per heavy atom. The van der Waals surface area contributed by atoms with Gasteiger partial charge in [0.2, 0.25) is 0 Å². The summed E-state index contributed by atoms with van der Waals surface area (Å²) in [5, 5.41) is 3.47. The molecule has 2 aromatic rings. The largest absolute Gasteiger partial charge is 0.348 e. The standard InChI is InChI=1S/C14H13FN2OS/c1-8-6-11(8)17-13(18)12-7-16-14(19-12)9-4-2-3-5-10(9)15/h2-5,7-8,11H,6H2,1H3,(H,17,18). The Kier molecular flexibility index (Phi) is 3.06. The zero-order valence-corrected chi connectivity index (χ0v) is 11.2. The third-order valence-electron chi connectivity index (χ3n) is 3.26. The highest BCUT2D eigenvalue weighted by Gasteiger charge is 2.34. The van der Waals surface area contributed by atoms with E-state index in [4.69, 9.17) is 0 Å². The number of amides is 1. The van der Waals surface area contributed by atoms with E-state index in [-0.39, 0.29) is 17.8 Å². The van der Waals surface area contributed by atoms with Gasteiger partial charge in [0, 0.05) is 11.6 Å². The number of hydrogen-bond acceptors (Lipinski definition) is 3. The number of nitrogens with one attached hydrogen (secondary N) is 1. The highest BCUT2D eigenvalue weighted by atomic mass is 32.1. The van der Waals surface area contributed by atoms with Crippen LogP contribution in [-0.2, 0) is 0 Å². The monoisotopic (exact) mass is 276 g/mol. The smallest absolute Gasteiger partial charge is 0.263 e. The van der Waals surface area contributed by atoms with Gasteiger partial charge in [-0.15, -0.1) is 11.3 Å². The van der Waals surface area contributed by atoms with Crippen molar-refractivity contribution in [1.82, 2.24) is 10.3 Å². The Morgan fingerprint density at radius 2 is 2.21 bits per heavy atom. The maximum atomic E-state index is 13.6. The number of thiazole rings is 1. The van der Waals surface area contributed by atoms with Crippen molar-refractivity contribution in [3.8, 4) is 10.6 Å². The first-order valence-corrected chi connectivity index (χ1v) is 6.98. The quantitative estimate of drug-likeness (QED) is 0.936. The third-order valence-corrected chi connectivity index (χ3v) is 4.29. The van der Waals surface area contributed by atoms with Crippen LogP contribution < -0.4 is 5.32 Å². The lowest BCUT2D eigenvalue weighted by Gasteiger charge is -2.00. The first kappa shape index (κ1) is 12.3. The lowest BCUT2D eigenvalue weighted by molar-refractivity contribution is 0.0953. The molecule has 0 spiro atoms. The summed E-state index contributed by atoms with van der Waals surface area (Å²) in [4.78, 5) is 16.6. The van der Waals surface area contributed by atoms with Gasteiger partial charge < -0.3 is 5.32 Å². The van der Waals surface area contributed by atoms with Crippen molar-refractivity contribution in [3.05, 3.63) is 41.2 Å². The summed E-state index contributed by atoms with van der Waals surface area (Å²) in [6, 6.07) is 6.73. The Hall–Kier alpha value is -1.75. The molecule has 3 nitrogen and oxygen atoms in total. The summed E-state index contributed by atoms with van der Waals surface area (Å²) in [7, 11) is 0. The van der Waals surface area contributed by atoms with Crippen LogP contribution in [0.5, 0.6) is 0 Å².